The number of hydrogen-bond donors (Lipinski definition) is 1. The first-order chi connectivity index (χ1) is 10.1. The van der Waals surface area contributed by atoms with Crippen molar-refractivity contribution in [2.75, 3.05) is 0 Å². The van der Waals surface area contributed by atoms with E-state index < -0.39 is 5.91 Å². The number of aryl methyl sites for hydroxylation is 2. The zero-order valence-corrected chi connectivity index (χ0v) is 12.1. The van der Waals surface area contributed by atoms with Gasteiger partial charge in [-0.2, -0.15) is 0 Å². The van der Waals surface area contributed by atoms with Gasteiger partial charge >= 0.3 is 0 Å². The molecule has 0 unspecified atom stereocenters. The van der Waals surface area contributed by atoms with Crippen molar-refractivity contribution in [3.63, 3.8) is 0 Å². The minimum atomic E-state index is -0.424. The van der Waals surface area contributed by atoms with Gasteiger partial charge in [0.05, 0.1) is 11.7 Å². The molecule has 0 radical (unpaired) electrons. The molecule has 6 heteroatoms. The standard InChI is InChI=1S/C15H17N5O/c1-3-20-11(13(16)21)6-9-12-10(7-17-15(9)20)18-14(19(12)2)8-4-5-8/h6-8H,3-5H2,1-2H3,(H2,16,21). The van der Waals surface area contributed by atoms with Crippen molar-refractivity contribution >= 4 is 28.0 Å². The molecule has 1 saturated carbocycles. The molecule has 2 N–H and O–H groups in total. The highest BCUT2D eigenvalue weighted by atomic mass is 16.1. The summed E-state index contributed by atoms with van der Waals surface area (Å²) in [6.45, 7) is 2.64. The van der Waals surface area contributed by atoms with Crippen LogP contribution in [0, 0.1) is 0 Å². The fraction of sp³-hybridized carbons (Fsp3) is 0.400. The van der Waals surface area contributed by atoms with Crippen LogP contribution in [0.25, 0.3) is 22.1 Å². The number of amides is 1. The summed E-state index contributed by atoms with van der Waals surface area (Å²) >= 11 is 0. The van der Waals surface area contributed by atoms with E-state index in [-0.39, 0.29) is 0 Å². The molecule has 0 aliphatic heterocycles. The normalized spacial score (nSPS) is 15.1. The molecule has 1 aliphatic carbocycles. The number of carbonyl (C=O) groups is 1. The Balaban J connectivity index is 2.11. The maximum atomic E-state index is 11.6. The predicted molar refractivity (Wildman–Crippen MR) is 80.2 cm³/mol. The first-order valence-electron chi connectivity index (χ1n) is 7.26. The van der Waals surface area contributed by atoms with Crippen LogP contribution in [0.3, 0.4) is 0 Å². The van der Waals surface area contributed by atoms with Gasteiger partial charge in [0.25, 0.3) is 5.91 Å². The zero-order chi connectivity index (χ0) is 14.7. The monoisotopic (exact) mass is 283 g/mol. The SMILES string of the molecule is CCn1c(C(N)=O)cc2c3c(cnc21)nc(C1CC1)n3C. The Morgan fingerprint density at radius 3 is 2.86 bits per heavy atom. The van der Waals surface area contributed by atoms with Crippen molar-refractivity contribution in [2.45, 2.75) is 32.2 Å². The third-order valence-electron chi connectivity index (χ3n) is 4.30. The first kappa shape index (κ1) is 12.4. The van der Waals surface area contributed by atoms with Crippen molar-refractivity contribution in [3.8, 4) is 0 Å². The summed E-state index contributed by atoms with van der Waals surface area (Å²) in [4.78, 5) is 20.9. The van der Waals surface area contributed by atoms with E-state index in [0.717, 1.165) is 27.9 Å². The zero-order valence-electron chi connectivity index (χ0n) is 12.1. The van der Waals surface area contributed by atoms with E-state index in [1.54, 1.807) is 6.20 Å². The van der Waals surface area contributed by atoms with Crippen molar-refractivity contribution in [2.24, 2.45) is 12.8 Å². The number of hydrogen-bond acceptors (Lipinski definition) is 3. The molecule has 1 fully saturated rings. The minimum absolute atomic E-state index is 0.424. The molecule has 1 aliphatic rings. The molecular formula is C15H17N5O. The number of rotatable bonds is 3. The number of nitrogens with zero attached hydrogens (tertiary/aromatic N) is 4. The molecule has 4 rings (SSSR count). The molecule has 3 heterocycles. The average molecular weight is 283 g/mol. The molecule has 0 bridgehead atoms. The summed E-state index contributed by atoms with van der Waals surface area (Å²) in [6, 6.07) is 1.84. The largest absolute Gasteiger partial charge is 0.364 e. The summed E-state index contributed by atoms with van der Waals surface area (Å²) in [5.74, 6) is 1.26. The lowest BCUT2D eigenvalue weighted by Gasteiger charge is -2.04. The minimum Gasteiger partial charge on any atom is -0.364 e. The topological polar surface area (TPSA) is 78.7 Å². The smallest absolute Gasteiger partial charge is 0.265 e. The molecule has 0 saturated heterocycles. The van der Waals surface area contributed by atoms with E-state index in [1.807, 2.05) is 24.6 Å². The summed E-state index contributed by atoms with van der Waals surface area (Å²) in [7, 11) is 2.04. The van der Waals surface area contributed by atoms with Gasteiger partial charge in [-0.1, -0.05) is 0 Å². The number of fused-ring (bicyclic) bond motifs is 3. The van der Waals surface area contributed by atoms with Gasteiger partial charge in [0, 0.05) is 24.9 Å². The van der Waals surface area contributed by atoms with E-state index in [0.29, 0.717) is 18.2 Å². The summed E-state index contributed by atoms with van der Waals surface area (Å²) in [5.41, 5.74) is 8.71. The van der Waals surface area contributed by atoms with Crippen molar-refractivity contribution in [3.05, 3.63) is 23.8 Å². The Bertz CT molecular complexity index is 885. The fourth-order valence-corrected chi connectivity index (χ4v) is 3.15. The second-order valence-corrected chi connectivity index (χ2v) is 5.67. The van der Waals surface area contributed by atoms with Crippen LogP contribution in [0.5, 0.6) is 0 Å². The van der Waals surface area contributed by atoms with Crippen molar-refractivity contribution < 1.29 is 4.79 Å². The van der Waals surface area contributed by atoms with E-state index in [9.17, 15) is 4.79 Å². The molecule has 21 heavy (non-hydrogen) atoms. The highest BCUT2D eigenvalue weighted by molar-refractivity contribution is 6.06. The lowest BCUT2D eigenvalue weighted by Crippen LogP contribution is -2.16. The predicted octanol–water partition coefficient (Wildman–Crippen LogP) is 1.92. The van der Waals surface area contributed by atoms with Gasteiger partial charge in [-0.25, -0.2) is 9.97 Å². The number of imidazole rings is 1. The van der Waals surface area contributed by atoms with Crippen LogP contribution in [-0.2, 0) is 13.6 Å². The first-order valence-corrected chi connectivity index (χ1v) is 7.26. The van der Waals surface area contributed by atoms with Crippen molar-refractivity contribution in [1.29, 1.82) is 0 Å². The molecule has 108 valence electrons. The van der Waals surface area contributed by atoms with E-state index in [1.165, 1.54) is 12.8 Å². The number of primary amides is 1. The van der Waals surface area contributed by atoms with Crippen LogP contribution < -0.4 is 5.73 Å². The van der Waals surface area contributed by atoms with Gasteiger partial charge in [-0.15, -0.1) is 0 Å². The molecule has 0 aromatic carbocycles. The van der Waals surface area contributed by atoms with Crippen LogP contribution in [-0.4, -0.2) is 25.0 Å². The van der Waals surface area contributed by atoms with E-state index in [4.69, 9.17) is 10.7 Å². The van der Waals surface area contributed by atoms with Crippen LogP contribution in [0.4, 0.5) is 0 Å². The van der Waals surface area contributed by atoms with E-state index in [2.05, 4.69) is 9.55 Å². The lowest BCUT2D eigenvalue weighted by atomic mass is 10.2. The maximum Gasteiger partial charge on any atom is 0.265 e. The summed E-state index contributed by atoms with van der Waals surface area (Å²) in [5, 5.41) is 0.949. The molecule has 0 atom stereocenters. The number of pyridine rings is 1. The maximum absolute atomic E-state index is 11.6. The molecule has 3 aromatic heterocycles. The van der Waals surface area contributed by atoms with Crippen LogP contribution in [0.1, 0.15) is 42.0 Å². The highest BCUT2D eigenvalue weighted by Gasteiger charge is 2.29. The fourth-order valence-electron chi connectivity index (χ4n) is 3.15. The van der Waals surface area contributed by atoms with Gasteiger partial charge in [0.1, 0.15) is 22.7 Å². The third kappa shape index (κ3) is 1.62. The van der Waals surface area contributed by atoms with Gasteiger partial charge < -0.3 is 14.9 Å². The lowest BCUT2D eigenvalue weighted by molar-refractivity contribution is 0.0992. The Labute approximate surface area is 121 Å². The summed E-state index contributed by atoms with van der Waals surface area (Å²) < 4.78 is 4.00. The summed E-state index contributed by atoms with van der Waals surface area (Å²) in [6.07, 6.45) is 4.20. The molecular weight excluding hydrogens is 266 g/mol. The van der Waals surface area contributed by atoms with Crippen molar-refractivity contribution in [1.82, 2.24) is 19.1 Å². The quantitative estimate of drug-likeness (QED) is 0.797. The highest BCUT2D eigenvalue weighted by Crippen LogP contribution is 2.41. The number of carbonyl (C=O) groups excluding carboxylic acids is 1. The second-order valence-electron chi connectivity index (χ2n) is 5.67. The van der Waals surface area contributed by atoms with Gasteiger partial charge in [0.2, 0.25) is 0 Å². The molecule has 1 amide bonds. The Morgan fingerprint density at radius 1 is 1.48 bits per heavy atom. The molecule has 3 aromatic rings. The average Bonchev–Trinajstić information content (AvgIpc) is 3.14. The van der Waals surface area contributed by atoms with Gasteiger partial charge in [-0.05, 0) is 25.8 Å². The number of nitrogens with two attached hydrogens (primary N) is 1. The molecule has 6 nitrogen and oxygen atoms in total. The Kier molecular flexibility index (Phi) is 2.40. The second kappa shape index (κ2) is 4.07. The van der Waals surface area contributed by atoms with Gasteiger partial charge in [0.15, 0.2) is 0 Å². The Morgan fingerprint density at radius 2 is 2.24 bits per heavy atom. The molecule has 0 spiro atoms. The van der Waals surface area contributed by atoms with Crippen LogP contribution in [0.15, 0.2) is 12.3 Å². The third-order valence-corrected chi connectivity index (χ3v) is 4.30. The van der Waals surface area contributed by atoms with E-state index >= 15 is 0 Å². The Hall–Kier alpha value is -2.37. The van der Waals surface area contributed by atoms with Crippen LogP contribution >= 0.6 is 0 Å². The number of aromatic nitrogens is 4. The van der Waals surface area contributed by atoms with Crippen LogP contribution in [0.2, 0.25) is 0 Å². The van der Waals surface area contributed by atoms with Gasteiger partial charge in [-0.3, -0.25) is 4.79 Å².